The van der Waals surface area contributed by atoms with Gasteiger partial charge in [0.1, 0.15) is 11.5 Å². The van der Waals surface area contributed by atoms with E-state index in [1.54, 1.807) is 0 Å². The van der Waals surface area contributed by atoms with Crippen LogP contribution in [0.1, 0.15) is 15.9 Å². The molecule has 8 heteroatoms. The predicted octanol–water partition coefficient (Wildman–Crippen LogP) is 0.978. The Morgan fingerprint density at radius 1 is 0.955 bits per heavy atom. The minimum atomic E-state index is -0.750. The molecule has 0 aliphatic carbocycles. The number of rotatable bonds is 3. The Kier molecular flexibility index (Phi) is 4.03. The first-order chi connectivity index (χ1) is 10.4. The molecule has 0 bridgehead atoms. The van der Waals surface area contributed by atoms with Gasteiger partial charge in [-0.15, -0.1) is 0 Å². The van der Waals surface area contributed by atoms with Crippen molar-refractivity contribution in [2.24, 2.45) is 5.10 Å². The van der Waals surface area contributed by atoms with Gasteiger partial charge in [0.05, 0.1) is 6.21 Å². The van der Waals surface area contributed by atoms with E-state index in [1.807, 2.05) is 0 Å². The van der Waals surface area contributed by atoms with Gasteiger partial charge in [0.2, 0.25) is 0 Å². The van der Waals surface area contributed by atoms with Crippen molar-refractivity contribution in [3.63, 3.8) is 0 Å². The molecule has 0 radical (unpaired) electrons. The topological polar surface area (TPSA) is 143 Å². The van der Waals surface area contributed by atoms with Crippen molar-refractivity contribution >= 4 is 12.1 Å². The Hall–Kier alpha value is -3.42. The smallest absolute Gasteiger partial charge is 0.271 e. The molecule has 0 saturated heterocycles. The summed E-state index contributed by atoms with van der Waals surface area (Å²) in [6, 6.07) is 5.74. The number of hydrazone groups is 1. The van der Waals surface area contributed by atoms with Crippen molar-refractivity contribution < 1.29 is 30.3 Å². The van der Waals surface area contributed by atoms with Gasteiger partial charge in [-0.3, -0.25) is 4.79 Å². The number of hydrogen-bond acceptors (Lipinski definition) is 7. The van der Waals surface area contributed by atoms with E-state index in [-0.39, 0.29) is 22.6 Å². The minimum absolute atomic E-state index is 0.117. The molecular weight excluding hydrogens is 292 g/mol. The van der Waals surface area contributed by atoms with Crippen molar-refractivity contribution in [3.8, 4) is 28.7 Å². The molecule has 0 atom stereocenters. The molecule has 6 N–H and O–H groups in total. The average Bonchev–Trinajstić information content (AvgIpc) is 2.46. The van der Waals surface area contributed by atoms with Crippen molar-refractivity contribution in [1.29, 1.82) is 0 Å². The van der Waals surface area contributed by atoms with Crippen LogP contribution < -0.4 is 5.43 Å². The van der Waals surface area contributed by atoms with Crippen molar-refractivity contribution in [2.45, 2.75) is 0 Å². The summed E-state index contributed by atoms with van der Waals surface area (Å²) in [7, 11) is 0. The molecule has 0 heterocycles. The van der Waals surface area contributed by atoms with E-state index >= 15 is 0 Å². The lowest BCUT2D eigenvalue weighted by Gasteiger charge is -2.04. The SMILES string of the molecule is O=C(NN=Cc1ccc(O)cc1O)c1cc(O)c(O)c(O)c1. The fourth-order valence-electron chi connectivity index (χ4n) is 1.60. The van der Waals surface area contributed by atoms with Gasteiger partial charge in [-0.05, 0) is 24.3 Å². The highest BCUT2D eigenvalue weighted by molar-refractivity contribution is 5.96. The number of amides is 1. The van der Waals surface area contributed by atoms with Crippen LogP contribution in [-0.4, -0.2) is 37.7 Å². The number of benzene rings is 2. The average molecular weight is 304 g/mol. The summed E-state index contributed by atoms with van der Waals surface area (Å²) in [5.74, 6) is -3.11. The fraction of sp³-hybridized carbons (Fsp3) is 0. The third-order valence-corrected chi connectivity index (χ3v) is 2.72. The highest BCUT2D eigenvalue weighted by atomic mass is 16.3. The largest absolute Gasteiger partial charge is 0.508 e. The number of phenolic OH excluding ortho intramolecular Hbond substituents is 5. The van der Waals surface area contributed by atoms with E-state index in [1.165, 1.54) is 12.1 Å². The summed E-state index contributed by atoms with van der Waals surface area (Å²) >= 11 is 0. The van der Waals surface area contributed by atoms with Crippen LogP contribution in [0, 0.1) is 0 Å². The molecular formula is C14H12N2O6. The zero-order valence-electron chi connectivity index (χ0n) is 11.1. The molecule has 0 saturated carbocycles. The minimum Gasteiger partial charge on any atom is -0.508 e. The van der Waals surface area contributed by atoms with Gasteiger partial charge in [0.25, 0.3) is 5.91 Å². The van der Waals surface area contributed by atoms with Crippen LogP contribution in [0.25, 0.3) is 0 Å². The van der Waals surface area contributed by atoms with Crippen LogP contribution in [0.2, 0.25) is 0 Å². The van der Waals surface area contributed by atoms with Crippen LogP contribution in [0.15, 0.2) is 35.4 Å². The number of hydrogen-bond donors (Lipinski definition) is 6. The molecule has 2 rings (SSSR count). The molecule has 1 amide bonds. The lowest BCUT2D eigenvalue weighted by atomic mass is 10.2. The molecule has 2 aromatic carbocycles. The predicted molar refractivity (Wildman–Crippen MR) is 76.3 cm³/mol. The van der Waals surface area contributed by atoms with Crippen molar-refractivity contribution in [1.82, 2.24) is 5.43 Å². The lowest BCUT2D eigenvalue weighted by molar-refractivity contribution is 0.0954. The van der Waals surface area contributed by atoms with Gasteiger partial charge < -0.3 is 25.5 Å². The van der Waals surface area contributed by atoms with Crippen LogP contribution >= 0.6 is 0 Å². The second-order valence-electron chi connectivity index (χ2n) is 4.31. The number of aromatic hydroxyl groups is 5. The number of nitrogens with one attached hydrogen (secondary N) is 1. The second kappa shape index (κ2) is 5.92. The molecule has 114 valence electrons. The Balaban J connectivity index is 2.11. The van der Waals surface area contributed by atoms with Gasteiger partial charge >= 0.3 is 0 Å². The molecule has 0 spiro atoms. The standard InChI is InChI=1S/C14H12N2O6/c17-9-2-1-7(10(18)5-9)6-15-16-14(22)8-3-11(19)13(21)12(20)4-8/h1-6,17-21H,(H,16,22). The number of phenols is 5. The molecule has 8 nitrogen and oxygen atoms in total. The van der Waals surface area contributed by atoms with E-state index in [4.69, 9.17) is 5.11 Å². The zero-order valence-corrected chi connectivity index (χ0v) is 11.1. The van der Waals surface area contributed by atoms with Gasteiger partial charge in [-0.1, -0.05) is 0 Å². The second-order valence-corrected chi connectivity index (χ2v) is 4.31. The van der Waals surface area contributed by atoms with Crippen molar-refractivity contribution in [2.75, 3.05) is 0 Å². The van der Waals surface area contributed by atoms with Gasteiger partial charge in [0.15, 0.2) is 17.2 Å². The lowest BCUT2D eigenvalue weighted by Crippen LogP contribution is -2.17. The van der Waals surface area contributed by atoms with E-state index in [9.17, 15) is 25.2 Å². The summed E-state index contributed by atoms with van der Waals surface area (Å²) in [5, 5.41) is 50.1. The third-order valence-electron chi connectivity index (χ3n) is 2.72. The third kappa shape index (κ3) is 3.18. The van der Waals surface area contributed by atoms with Crippen LogP contribution in [0.3, 0.4) is 0 Å². The first-order valence-electron chi connectivity index (χ1n) is 5.99. The summed E-state index contributed by atoms with van der Waals surface area (Å²) in [6.45, 7) is 0. The van der Waals surface area contributed by atoms with Crippen LogP contribution in [0.4, 0.5) is 0 Å². The quantitative estimate of drug-likeness (QED) is 0.283. The first kappa shape index (κ1) is 15.0. The van der Waals surface area contributed by atoms with Gasteiger partial charge in [-0.2, -0.15) is 5.10 Å². The fourth-order valence-corrected chi connectivity index (χ4v) is 1.60. The molecule has 0 unspecified atom stereocenters. The Morgan fingerprint density at radius 3 is 2.18 bits per heavy atom. The van der Waals surface area contributed by atoms with E-state index in [0.717, 1.165) is 24.4 Å². The molecule has 0 aliphatic rings. The molecule has 0 aliphatic heterocycles. The summed E-state index contributed by atoms with van der Waals surface area (Å²) in [5.41, 5.74) is 2.25. The Labute approximate surface area is 124 Å². The van der Waals surface area contributed by atoms with Gasteiger partial charge in [0, 0.05) is 17.2 Å². The van der Waals surface area contributed by atoms with E-state index in [0.29, 0.717) is 0 Å². The van der Waals surface area contributed by atoms with Crippen LogP contribution in [0.5, 0.6) is 28.7 Å². The van der Waals surface area contributed by atoms with E-state index < -0.39 is 23.2 Å². The van der Waals surface area contributed by atoms with E-state index in [2.05, 4.69) is 10.5 Å². The number of carbonyl (C=O) groups is 1. The zero-order chi connectivity index (χ0) is 16.3. The normalized spacial score (nSPS) is 10.7. The number of nitrogens with zero attached hydrogens (tertiary/aromatic N) is 1. The maximum atomic E-state index is 11.8. The maximum absolute atomic E-state index is 11.8. The summed E-state index contributed by atoms with van der Waals surface area (Å²) < 4.78 is 0. The Bertz CT molecular complexity index is 734. The highest BCUT2D eigenvalue weighted by Gasteiger charge is 2.12. The molecule has 22 heavy (non-hydrogen) atoms. The Morgan fingerprint density at radius 2 is 1.59 bits per heavy atom. The maximum Gasteiger partial charge on any atom is 0.271 e. The summed E-state index contributed by atoms with van der Waals surface area (Å²) in [4.78, 5) is 11.8. The monoisotopic (exact) mass is 304 g/mol. The molecule has 0 fully saturated rings. The van der Waals surface area contributed by atoms with Crippen molar-refractivity contribution in [3.05, 3.63) is 41.5 Å². The van der Waals surface area contributed by atoms with Crippen LogP contribution in [-0.2, 0) is 0 Å². The number of carbonyl (C=O) groups excluding carboxylic acids is 1. The molecule has 0 aromatic heterocycles. The molecule has 2 aromatic rings. The van der Waals surface area contributed by atoms with Gasteiger partial charge in [-0.25, -0.2) is 5.43 Å². The highest BCUT2D eigenvalue weighted by Crippen LogP contribution is 2.35. The first-order valence-corrected chi connectivity index (χ1v) is 5.99. The summed E-state index contributed by atoms with van der Waals surface area (Å²) in [6.07, 6.45) is 1.15.